The van der Waals surface area contributed by atoms with Gasteiger partial charge in [0.05, 0.1) is 37.9 Å². The van der Waals surface area contributed by atoms with E-state index < -0.39 is 11.9 Å². The van der Waals surface area contributed by atoms with Gasteiger partial charge in [0.1, 0.15) is 6.33 Å². The minimum absolute atomic E-state index is 0.0758. The number of nitrogens with one attached hydrogen (secondary N) is 1. The minimum Gasteiger partial charge on any atom is -0.481 e. The van der Waals surface area contributed by atoms with Crippen molar-refractivity contribution in [1.82, 2.24) is 25.1 Å². The van der Waals surface area contributed by atoms with Crippen molar-refractivity contribution in [3.8, 4) is 11.4 Å². The molecule has 4 aliphatic carbocycles. The number of ether oxygens (including phenoxy) is 2. The zero-order valence-corrected chi connectivity index (χ0v) is 34.4. The third-order valence-electron chi connectivity index (χ3n) is 17.3. The highest BCUT2D eigenvalue weighted by molar-refractivity contribution is 5.73. The van der Waals surface area contributed by atoms with Crippen molar-refractivity contribution < 1.29 is 19.4 Å². The summed E-state index contributed by atoms with van der Waals surface area (Å²) in [6.07, 6.45) is 13.5. The van der Waals surface area contributed by atoms with Crippen LogP contribution in [-0.4, -0.2) is 69.3 Å². The van der Waals surface area contributed by atoms with Gasteiger partial charge in [0.25, 0.3) is 0 Å². The first-order chi connectivity index (χ1) is 24.9. The van der Waals surface area contributed by atoms with Gasteiger partial charge in [-0.1, -0.05) is 74.0 Å². The van der Waals surface area contributed by atoms with Crippen LogP contribution in [0.1, 0.15) is 114 Å². The number of allylic oxidation sites excluding steroid dienone is 1. The number of carboxylic acids is 1. The monoisotopic (exact) mass is 730 g/mol. The number of rotatable bonds is 10. The maximum Gasteiger partial charge on any atom is 0.307 e. The molecule has 5 aliphatic rings. The van der Waals surface area contributed by atoms with Crippen LogP contribution < -0.4 is 5.32 Å². The number of carbonyl (C=O) groups is 1. The Morgan fingerprint density at radius 1 is 1.08 bits per heavy atom. The molecule has 2 aromatic heterocycles. The number of aromatic nitrogens is 4. The van der Waals surface area contributed by atoms with E-state index in [0.717, 1.165) is 49.9 Å². The molecule has 9 nitrogen and oxygen atoms in total. The fraction of sp³-hybridized carbons (Fsp3) is 0.773. The van der Waals surface area contributed by atoms with Gasteiger partial charge in [-0.05, 0) is 110 Å². The number of fused-ring (bicyclic) bond motifs is 3. The number of carboxylic acid groups (broad SMARTS) is 1. The fourth-order valence-corrected chi connectivity index (χ4v) is 13.1. The summed E-state index contributed by atoms with van der Waals surface area (Å²) in [5.74, 6) is 1.58. The van der Waals surface area contributed by atoms with Gasteiger partial charge in [0.2, 0.25) is 0 Å². The van der Waals surface area contributed by atoms with E-state index in [1.165, 1.54) is 5.57 Å². The van der Waals surface area contributed by atoms with Crippen molar-refractivity contribution in [2.45, 2.75) is 125 Å². The molecule has 7 rings (SSSR count). The minimum atomic E-state index is -0.617. The van der Waals surface area contributed by atoms with Crippen LogP contribution in [0.5, 0.6) is 0 Å². The molecule has 1 aliphatic heterocycles. The molecule has 0 spiro atoms. The summed E-state index contributed by atoms with van der Waals surface area (Å²) in [5, 5.41) is 19.7. The molecule has 1 unspecified atom stereocenters. The predicted molar refractivity (Wildman–Crippen MR) is 208 cm³/mol. The summed E-state index contributed by atoms with van der Waals surface area (Å²) in [6, 6.07) is 3.95. The van der Waals surface area contributed by atoms with Gasteiger partial charge >= 0.3 is 5.97 Å². The van der Waals surface area contributed by atoms with Gasteiger partial charge in [-0.2, -0.15) is 5.10 Å². The van der Waals surface area contributed by atoms with Crippen LogP contribution in [0.3, 0.4) is 0 Å². The first-order valence-electron chi connectivity index (χ1n) is 20.5. The largest absolute Gasteiger partial charge is 0.481 e. The van der Waals surface area contributed by atoms with Crippen LogP contribution in [0.25, 0.3) is 11.4 Å². The Morgan fingerprint density at radius 2 is 1.79 bits per heavy atom. The van der Waals surface area contributed by atoms with Crippen LogP contribution in [0.15, 0.2) is 42.5 Å². The highest BCUT2D eigenvalue weighted by Gasteiger charge is 2.72. The lowest BCUT2D eigenvalue weighted by molar-refractivity contribution is -0.253. The topological polar surface area (TPSA) is 111 Å². The summed E-state index contributed by atoms with van der Waals surface area (Å²) in [4.78, 5) is 22.7. The van der Waals surface area contributed by atoms with E-state index in [0.29, 0.717) is 49.4 Å². The first-order valence-corrected chi connectivity index (χ1v) is 20.5. The lowest BCUT2D eigenvalue weighted by Crippen LogP contribution is -2.69. The second kappa shape index (κ2) is 13.3. The van der Waals surface area contributed by atoms with Crippen molar-refractivity contribution >= 4 is 5.97 Å². The van der Waals surface area contributed by atoms with Crippen LogP contribution >= 0.6 is 0 Å². The Kier molecular flexibility index (Phi) is 9.67. The fourth-order valence-electron chi connectivity index (χ4n) is 13.1. The molecule has 9 heteroatoms. The average molecular weight is 730 g/mol. The number of aliphatic carboxylic acids is 1. The summed E-state index contributed by atoms with van der Waals surface area (Å²) in [5.41, 5.74) is 1.06. The van der Waals surface area contributed by atoms with Crippen LogP contribution in [0.2, 0.25) is 0 Å². The number of hydrogen-bond acceptors (Lipinski definition) is 7. The smallest absolute Gasteiger partial charge is 0.307 e. The maximum absolute atomic E-state index is 13.6. The SMILES string of the molecule is CN[C@@](C)(CO[C@H]1[C@H](n2ncnc2-c2ccncc2)CC23COC[C@@]1(C)[C@@H]2CC[C@H]1C3=CC[C@@]2(C)[C@H](C(=O)O)[C@@](C)([C@H](C)C(C)C)CC[C@]12C)C(C)C. The molecule has 0 radical (unpaired) electrons. The lowest BCUT2D eigenvalue weighted by Gasteiger charge is -2.71. The zero-order valence-electron chi connectivity index (χ0n) is 34.4. The number of likely N-dealkylation sites (N-methyl/N-ethyl adjacent to an activating group) is 1. The Balaban J connectivity index is 1.35. The molecule has 53 heavy (non-hydrogen) atoms. The molecule has 12 atom stereocenters. The third kappa shape index (κ3) is 5.47. The number of pyridine rings is 1. The molecule has 2 bridgehead atoms. The first kappa shape index (κ1) is 38.6. The van der Waals surface area contributed by atoms with E-state index in [9.17, 15) is 9.90 Å². The highest BCUT2D eigenvalue weighted by atomic mass is 16.5. The van der Waals surface area contributed by atoms with Crippen molar-refractivity contribution in [2.24, 2.45) is 62.6 Å². The van der Waals surface area contributed by atoms with Crippen LogP contribution in [-0.2, 0) is 14.3 Å². The van der Waals surface area contributed by atoms with Crippen molar-refractivity contribution in [3.63, 3.8) is 0 Å². The van der Waals surface area contributed by atoms with Crippen LogP contribution in [0.4, 0.5) is 0 Å². The van der Waals surface area contributed by atoms with E-state index in [4.69, 9.17) is 19.6 Å². The molecule has 4 fully saturated rings. The third-order valence-corrected chi connectivity index (χ3v) is 17.3. The summed E-state index contributed by atoms with van der Waals surface area (Å²) >= 11 is 0. The zero-order chi connectivity index (χ0) is 38.4. The van der Waals surface area contributed by atoms with Gasteiger partial charge in [-0.25, -0.2) is 9.67 Å². The summed E-state index contributed by atoms with van der Waals surface area (Å²) in [6.45, 7) is 25.0. The van der Waals surface area contributed by atoms with E-state index in [1.807, 2.05) is 31.6 Å². The average Bonchev–Trinajstić information content (AvgIpc) is 3.61. The summed E-state index contributed by atoms with van der Waals surface area (Å²) < 4.78 is 16.3. The Morgan fingerprint density at radius 3 is 2.43 bits per heavy atom. The number of hydrogen-bond donors (Lipinski definition) is 2. The Labute approximate surface area is 318 Å². The number of nitrogens with zero attached hydrogens (tertiary/aromatic N) is 4. The van der Waals surface area contributed by atoms with Gasteiger partial charge in [-0.3, -0.25) is 9.78 Å². The van der Waals surface area contributed by atoms with Crippen LogP contribution in [0, 0.1) is 62.6 Å². The van der Waals surface area contributed by atoms with Gasteiger partial charge in [0, 0.05) is 34.3 Å². The lowest BCUT2D eigenvalue weighted by atomic mass is 9.34. The summed E-state index contributed by atoms with van der Waals surface area (Å²) in [7, 11) is 2.04. The van der Waals surface area contributed by atoms with Gasteiger partial charge < -0.3 is 19.9 Å². The molecular formula is C44H67N5O4. The second-order valence-corrected chi connectivity index (χ2v) is 19.9. The molecule has 0 aromatic carbocycles. The second-order valence-electron chi connectivity index (χ2n) is 19.9. The van der Waals surface area contributed by atoms with Crippen molar-refractivity contribution in [1.29, 1.82) is 0 Å². The molecule has 292 valence electrons. The molecule has 2 N–H and O–H groups in total. The molecule has 0 amide bonds. The molecule has 3 saturated carbocycles. The van der Waals surface area contributed by atoms with Crippen molar-refractivity contribution in [3.05, 3.63) is 42.5 Å². The Hall–Kier alpha value is -2.62. The molecular weight excluding hydrogens is 663 g/mol. The van der Waals surface area contributed by atoms with E-state index in [1.54, 1.807) is 6.33 Å². The van der Waals surface area contributed by atoms with Gasteiger partial charge in [-0.15, -0.1) is 0 Å². The molecule has 1 saturated heterocycles. The Bertz CT molecular complexity index is 1710. The quantitative estimate of drug-likeness (QED) is 0.234. The maximum atomic E-state index is 13.6. The standard InChI is InChI=1S/C44H67N5O4/c1-27(2)29(5)39(6)18-19-41(8)31-12-13-34-40(7)23-52-25-44(34,32(31)14-17-42(41,9)35(39)38(50)51)22-33(36(40)53-24-43(10,45-11)28(3)4)49-37(47-26-48-49)30-15-20-46-21-16-30/h14-16,20-21,26-29,31,33-36,45H,12-13,17-19,22-25H2,1-11H3,(H,50,51)/t29-,31+,33-,34+,35-,36+,39-,40+,41-,42+,43+,44?/m1/s1. The van der Waals surface area contributed by atoms with E-state index in [2.05, 4.69) is 90.3 Å². The van der Waals surface area contributed by atoms with Crippen molar-refractivity contribution in [2.75, 3.05) is 26.9 Å². The molecule has 3 heterocycles. The highest BCUT2D eigenvalue weighted by Crippen LogP contribution is 2.75. The van der Waals surface area contributed by atoms with E-state index >= 15 is 0 Å². The van der Waals surface area contributed by atoms with E-state index in [-0.39, 0.29) is 44.8 Å². The van der Waals surface area contributed by atoms with Gasteiger partial charge in [0.15, 0.2) is 5.82 Å². The normalized spacial score (nSPS) is 41.2. The predicted octanol–water partition coefficient (Wildman–Crippen LogP) is 8.49. The molecule has 2 aromatic rings.